The molecule has 3 fully saturated rings. The Morgan fingerprint density at radius 1 is 0.482 bits per heavy atom. The molecule has 141 heavy (non-hydrogen) atoms. The standard InChI is InChI=1S/C20H22N8O2.C20H21N7O2.C16H15ClN6O.C10H12N4.C6H4Cl2N2O.C6H6N2O3.C4HCl2N2.C4H7NO.CH5N.CO2.ClH.HI.Li/c1-11-13(18-22-10-28(3)27-18)5-4-6-14(11)23-15-9-16(24-19(29)12-7-8-12)25-26-17(15)20(30)21-2;1-11-14(19-21-10-27(3)26-19)5-4-6-15(11)22-16-9-17(23-20(29)13-7-8-13)24-25-18(16)12(2)28;1-9-11(16-18-8-23(3)22-16)5-4-6-12(9)19-13-7-14(17)20-21-15(13)10(2)24;1-7-8(4-3-5-9(7)11)10-12-6-14(2)13-10;1-3(11)6-4(7)2-5(8)9-10-6;1-3(9)6-4(10)2-5(11)7-8-6;5-3-1-4(6)8-7-2-3;5-4(6)3-1-2-3;1-2;2-1-3;;;/h4-6,9-10,12H,7-8H2,1-3H3,(H,21,30)(H2,23,24,25,29);4-6,9-10,13H,7-8H2,1-3H3,(H2,22,23,24,29);4-8H,1-3H3,(H,19,20);3-6H,11H2,1-2H3;2H,1H3;2H,1H3,(H2,7,10,11);1H;3H,1-2H2,(H2,5,6);2H2,1H3;;2*1H;/q;;;;;;-1;;;;;;+1/i2D3;;;;;;;;1D3;;;;. The Morgan fingerprint density at radius 2 is 0.830 bits per heavy atom. The normalized spacial score (nSPS) is 12.2. The van der Waals surface area contributed by atoms with Gasteiger partial charge in [-0.1, -0.05) is 94.9 Å². The van der Waals surface area contributed by atoms with Crippen molar-refractivity contribution >= 4 is 199 Å². The number of aromatic nitrogens is 24. The molecule has 0 bridgehead atoms. The molecular formula is C88H95Cl6ILiN33O12. The number of primary amides is 1. The van der Waals surface area contributed by atoms with Gasteiger partial charge in [0.25, 0.3) is 11.5 Å². The fourth-order valence-corrected chi connectivity index (χ4v) is 12.5. The molecule has 4 aromatic carbocycles. The van der Waals surface area contributed by atoms with Crippen molar-refractivity contribution in [2.45, 2.75) is 93.9 Å². The second-order valence-electron chi connectivity index (χ2n) is 29.6. The number of anilines is 9. The maximum atomic E-state index is 12.6. The summed E-state index contributed by atoms with van der Waals surface area (Å²) in [6.07, 6.45) is 14.7. The predicted octanol–water partition coefficient (Wildman–Crippen LogP) is 9.62. The molecule has 3 aliphatic carbocycles. The van der Waals surface area contributed by atoms with Crippen molar-refractivity contribution in [3.05, 3.63) is 227 Å². The molecule has 4 amide bonds. The molecule has 10 aromatic heterocycles. The zero-order valence-electron chi connectivity index (χ0n) is 83.3. The molecule has 10 heterocycles. The van der Waals surface area contributed by atoms with Gasteiger partial charge in [-0.3, -0.25) is 67.0 Å². The zero-order chi connectivity index (χ0) is 106. The second kappa shape index (κ2) is 56.7. The van der Waals surface area contributed by atoms with E-state index in [4.69, 9.17) is 92.4 Å². The third kappa shape index (κ3) is 35.8. The molecule has 3 saturated carbocycles. The maximum Gasteiger partial charge on any atom is 1.00 e. The number of Topliss-reactive ketones (excluding diaryl/α,β-unsaturated/α-hetero) is 4. The quantitative estimate of drug-likeness (QED) is 0.0111. The van der Waals surface area contributed by atoms with Crippen LogP contribution in [0.25, 0.3) is 45.6 Å². The first-order valence-electron chi connectivity index (χ1n) is 43.7. The minimum Gasteiger partial charge on any atom is -0.505 e. The van der Waals surface area contributed by atoms with Crippen LogP contribution in [0.5, 0.6) is 5.75 Å². The van der Waals surface area contributed by atoms with Gasteiger partial charge in [0, 0.05) is 158 Å². The van der Waals surface area contributed by atoms with Crippen LogP contribution in [0.4, 0.5) is 51.4 Å². The van der Waals surface area contributed by atoms with Crippen LogP contribution in [0.15, 0.2) is 139 Å². The number of hydrogen-bond donors (Lipinski definition) is 11. The van der Waals surface area contributed by atoms with Crippen LogP contribution in [0.3, 0.4) is 0 Å². The van der Waals surface area contributed by atoms with Crippen molar-refractivity contribution in [2.75, 3.05) is 46.3 Å². The fourth-order valence-electron chi connectivity index (χ4n) is 11.6. The Balaban J connectivity index is 0.000000306. The number of aromatic amines is 1. The van der Waals surface area contributed by atoms with Gasteiger partial charge >= 0.3 is 25.0 Å². The molecule has 45 nitrogen and oxygen atoms in total. The summed E-state index contributed by atoms with van der Waals surface area (Å²) in [5.74, 6) is 0.497. The monoisotopic (exact) mass is 2160 g/mol. The molecule has 53 heteroatoms. The molecule has 0 atom stereocenters. The van der Waals surface area contributed by atoms with Crippen LogP contribution in [0.2, 0.25) is 25.5 Å². The van der Waals surface area contributed by atoms with Gasteiger partial charge in [-0.05, 0) is 126 Å². The summed E-state index contributed by atoms with van der Waals surface area (Å²) >= 11 is 27.7. The number of amides is 4. The summed E-state index contributed by atoms with van der Waals surface area (Å²) in [7, 11) is 7.24. The number of nitrogens with two attached hydrogens (primary N) is 3. The molecule has 14 aromatic rings. The Bertz CT molecular complexity index is 7070. The number of nitrogen functional groups attached to an aromatic ring is 1. The first kappa shape index (κ1) is 107. The SMILES string of the molecule is CC(=O)c1n[nH]c(=O)cc1O.CC(=O)c1nnc(Cl)cc1Cl.CC(=O)c1nnc(Cl)cc1Nc1cccc(-c2ncn(C)n2)c1C.CC(=O)c1nnc(NC(=O)C2CC2)cc1Nc1cccc(-c2ncn(C)n2)c1C.Cc1c(N)cccc1-c1ncn(C)n1.Cl.Clc1[c-]nnc(Cl)c1.I.NC(=O)C1CC1.O=C=O.[2H]C([2H])([2H])N.[2H]C([2H])([2H])NC(=O)c1nnc(NC(=O)C2CC2)cc1Nc1cccc(-c2ncn(C)n2)c1C.[Li+]. The van der Waals surface area contributed by atoms with Crippen LogP contribution in [-0.4, -0.2) is 192 Å². The minimum atomic E-state index is -2.70. The molecule has 17 rings (SSSR count). The van der Waals surface area contributed by atoms with E-state index in [2.05, 4.69) is 135 Å². The van der Waals surface area contributed by atoms with Crippen molar-refractivity contribution in [1.82, 2.24) is 126 Å². The van der Waals surface area contributed by atoms with E-state index in [0.717, 1.165) is 112 Å². The molecule has 0 saturated heterocycles. The van der Waals surface area contributed by atoms with Gasteiger partial charge < -0.3 is 54.2 Å². The van der Waals surface area contributed by atoms with Crippen LogP contribution < -0.4 is 73.5 Å². The summed E-state index contributed by atoms with van der Waals surface area (Å²) in [6, 6.07) is 31.1. The smallest absolute Gasteiger partial charge is 0.505 e. The molecule has 14 N–H and O–H groups in total. The number of nitrogens with zero attached hydrogens (tertiary/aromatic N) is 23. The number of benzene rings is 4. The number of aromatic hydroxyl groups is 1. The van der Waals surface area contributed by atoms with Crippen molar-refractivity contribution in [3.8, 4) is 51.3 Å². The van der Waals surface area contributed by atoms with Crippen LogP contribution in [0.1, 0.15) is 149 Å². The van der Waals surface area contributed by atoms with Crippen molar-refractivity contribution < 1.29 is 80.1 Å². The summed E-state index contributed by atoms with van der Waals surface area (Å²) in [5, 5.41) is 86.9. The summed E-state index contributed by atoms with van der Waals surface area (Å²) in [4.78, 5) is 136. The fraction of sp³-hybridized carbons (Fsp3) is 0.261. The van der Waals surface area contributed by atoms with Crippen LogP contribution in [-0.2, 0) is 52.2 Å². The summed E-state index contributed by atoms with van der Waals surface area (Å²) < 4.78 is 46.6. The van der Waals surface area contributed by atoms with E-state index >= 15 is 0 Å². The van der Waals surface area contributed by atoms with E-state index in [0.29, 0.717) is 45.4 Å². The Kier molecular flexibility index (Phi) is 43.1. The first-order chi connectivity index (χ1) is 67.9. The number of H-pyrrole nitrogens is 1. The molecular weight excluding hydrogens is 2060 g/mol. The molecule has 0 aliphatic heterocycles. The summed E-state index contributed by atoms with van der Waals surface area (Å²) in [5.41, 5.74) is 26.1. The van der Waals surface area contributed by atoms with Crippen molar-refractivity contribution in [3.63, 3.8) is 0 Å². The first-order valence-corrected chi connectivity index (χ1v) is 42.6. The van der Waals surface area contributed by atoms with Crippen LogP contribution >= 0.6 is 94.4 Å². The number of aryl methyl sites for hydroxylation is 4. The Hall–Kier alpha value is -14.3. The maximum absolute atomic E-state index is 12.6. The van der Waals surface area contributed by atoms with Gasteiger partial charge in [0.1, 0.15) is 31.0 Å². The number of carbonyl (C=O) groups excluding carboxylic acids is 10. The van der Waals surface area contributed by atoms with E-state index in [1.54, 1.807) is 75.3 Å². The molecule has 0 radical (unpaired) electrons. The number of hydrogen-bond acceptors (Lipinski definition) is 36. The van der Waals surface area contributed by atoms with Crippen molar-refractivity contribution in [2.24, 2.45) is 57.4 Å². The second-order valence-corrected chi connectivity index (χ2v) is 31.6. The average Bonchev–Trinajstić information content (AvgIpc) is 1.52. The van der Waals surface area contributed by atoms with Crippen molar-refractivity contribution in [1.29, 1.82) is 0 Å². The molecule has 3 aliphatic rings. The van der Waals surface area contributed by atoms with E-state index in [9.17, 15) is 43.2 Å². The van der Waals surface area contributed by atoms with Crippen LogP contribution in [0, 0.1) is 51.6 Å². The number of nitrogens with one attached hydrogen (secondary N) is 7. The zero-order valence-corrected chi connectivity index (χ0v) is 84.3. The topological polar surface area (TPSA) is 639 Å². The molecule has 0 unspecified atom stereocenters. The van der Waals surface area contributed by atoms with E-state index < -0.39 is 31.2 Å². The Morgan fingerprint density at radius 3 is 1.16 bits per heavy atom. The largest absolute Gasteiger partial charge is 1.00 e. The number of ketones is 4. The van der Waals surface area contributed by atoms with Gasteiger partial charge in [-0.2, -0.15) is 46.2 Å². The third-order valence-electron chi connectivity index (χ3n) is 19.0. The molecule has 734 valence electrons. The number of rotatable bonds is 20. The minimum absolute atomic E-state index is 0. The van der Waals surface area contributed by atoms with Gasteiger partial charge in [-0.15, -0.1) is 100.0 Å². The third-order valence-corrected chi connectivity index (χ3v) is 20.0. The molecule has 0 spiro atoms. The van der Waals surface area contributed by atoms with Gasteiger partial charge in [0.05, 0.1) is 27.2 Å². The van der Waals surface area contributed by atoms with E-state index in [1.807, 2.05) is 120 Å². The predicted molar refractivity (Wildman–Crippen MR) is 535 cm³/mol. The Labute approximate surface area is 874 Å². The summed E-state index contributed by atoms with van der Waals surface area (Å²) in [6.45, 7) is 8.27. The number of halogens is 7. The van der Waals surface area contributed by atoms with Gasteiger partial charge in [0.15, 0.2) is 96.9 Å². The van der Waals surface area contributed by atoms with Gasteiger partial charge in [0.2, 0.25) is 17.7 Å². The van der Waals surface area contributed by atoms with Gasteiger partial charge in [-0.25, -0.2) is 25.0 Å². The van der Waals surface area contributed by atoms with E-state index in [1.165, 1.54) is 45.9 Å². The average molecular weight is 2160 g/mol. The number of carbonyl (C=O) groups is 8. The van der Waals surface area contributed by atoms with E-state index in [-0.39, 0.29) is 180 Å².